The van der Waals surface area contributed by atoms with E-state index in [1.165, 1.54) is 6.07 Å². The van der Waals surface area contributed by atoms with E-state index in [1.807, 2.05) is 0 Å². The minimum Gasteiger partial charge on any atom is -0.454 e. The molecule has 0 spiro atoms. The Labute approximate surface area is 162 Å². The molecule has 1 heterocycles. The number of rotatable bonds is 7. The molecular weight excluding hydrogens is 367 g/mol. The van der Waals surface area contributed by atoms with Crippen LogP contribution in [0.4, 0.5) is 4.39 Å². The average Bonchev–Trinajstić information content (AvgIpc) is 2.93. The molecule has 2 atom stereocenters. The summed E-state index contributed by atoms with van der Waals surface area (Å²) in [6.07, 6.45) is 3.47. The first-order valence-corrected chi connectivity index (χ1v) is 9.48. The predicted molar refractivity (Wildman–Crippen MR) is 96.2 cm³/mol. The number of halogens is 1. The van der Waals surface area contributed by atoms with E-state index in [1.54, 1.807) is 18.2 Å². The fourth-order valence-electron chi connectivity index (χ4n) is 3.80. The van der Waals surface area contributed by atoms with Crippen LogP contribution < -0.4 is 5.32 Å². The van der Waals surface area contributed by atoms with Gasteiger partial charge in [-0.1, -0.05) is 31.0 Å². The third-order valence-electron chi connectivity index (χ3n) is 5.26. The van der Waals surface area contributed by atoms with Crippen LogP contribution >= 0.6 is 0 Å². The van der Waals surface area contributed by atoms with E-state index in [-0.39, 0.29) is 36.0 Å². The number of amides is 3. The molecule has 3 amide bonds. The monoisotopic (exact) mass is 390 g/mol. The van der Waals surface area contributed by atoms with Gasteiger partial charge in [0.25, 0.3) is 5.91 Å². The molecule has 0 unspecified atom stereocenters. The Bertz CT molecular complexity index is 758. The summed E-state index contributed by atoms with van der Waals surface area (Å²) in [4.78, 5) is 49.3. The van der Waals surface area contributed by atoms with Gasteiger partial charge in [0.15, 0.2) is 6.61 Å². The quantitative estimate of drug-likeness (QED) is 0.558. The molecule has 1 aliphatic heterocycles. The Morgan fingerprint density at radius 2 is 1.75 bits per heavy atom. The Hall–Kier alpha value is -2.77. The van der Waals surface area contributed by atoms with E-state index in [0.717, 1.165) is 17.7 Å². The van der Waals surface area contributed by atoms with Gasteiger partial charge in [0, 0.05) is 6.54 Å². The number of ether oxygens (including phenoxy) is 1. The van der Waals surface area contributed by atoms with E-state index >= 15 is 0 Å². The summed E-state index contributed by atoms with van der Waals surface area (Å²) >= 11 is 0. The molecule has 2 fully saturated rings. The first-order chi connectivity index (χ1) is 13.5. The Balaban J connectivity index is 1.39. The van der Waals surface area contributed by atoms with Gasteiger partial charge < -0.3 is 10.1 Å². The molecule has 1 aromatic rings. The highest BCUT2D eigenvalue weighted by Crippen LogP contribution is 2.37. The molecule has 1 saturated carbocycles. The van der Waals surface area contributed by atoms with Gasteiger partial charge in [-0.15, -0.1) is 0 Å². The second kappa shape index (κ2) is 8.95. The number of esters is 1. The molecule has 7 nitrogen and oxygen atoms in total. The highest BCUT2D eigenvalue weighted by molar-refractivity contribution is 6.07. The maximum Gasteiger partial charge on any atom is 0.326 e. The number of likely N-dealkylation sites (tertiary alicyclic amines) is 1. The predicted octanol–water partition coefficient (Wildman–Crippen LogP) is 1.20. The number of hydrogen-bond donors (Lipinski definition) is 1. The van der Waals surface area contributed by atoms with Crippen molar-refractivity contribution in [2.45, 2.75) is 32.1 Å². The fraction of sp³-hybridized carbons (Fsp3) is 0.500. The first kappa shape index (κ1) is 20.0. The minimum absolute atomic E-state index is 0.198. The lowest BCUT2D eigenvalue weighted by atomic mass is 9.81. The second-order valence-electron chi connectivity index (χ2n) is 7.11. The largest absolute Gasteiger partial charge is 0.454 e. The van der Waals surface area contributed by atoms with Crippen LogP contribution in [0.5, 0.6) is 0 Å². The van der Waals surface area contributed by atoms with Crippen molar-refractivity contribution < 1.29 is 28.3 Å². The van der Waals surface area contributed by atoms with Crippen molar-refractivity contribution in [3.63, 3.8) is 0 Å². The number of nitrogens with zero attached hydrogens (tertiary/aromatic N) is 1. The molecule has 0 bridgehead atoms. The van der Waals surface area contributed by atoms with Crippen molar-refractivity contribution in [2.75, 3.05) is 19.7 Å². The van der Waals surface area contributed by atoms with E-state index in [9.17, 15) is 23.6 Å². The molecule has 1 saturated heterocycles. The van der Waals surface area contributed by atoms with Gasteiger partial charge in [-0.2, -0.15) is 0 Å². The van der Waals surface area contributed by atoms with Crippen molar-refractivity contribution in [1.82, 2.24) is 10.2 Å². The van der Waals surface area contributed by atoms with Crippen LogP contribution in [-0.2, 0) is 30.3 Å². The van der Waals surface area contributed by atoms with Crippen molar-refractivity contribution >= 4 is 23.7 Å². The summed E-state index contributed by atoms with van der Waals surface area (Å²) in [5, 5.41) is 2.54. The van der Waals surface area contributed by atoms with Crippen molar-refractivity contribution in [3.8, 4) is 0 Å². The molecule has 3 rings (SSSR count). The van der Waals surface area contributed by atoms with Crippen LogP contribution in [0, 0.1) is 17.7 Å². The summed E-state index contributed by atoms with van der Waals surface area (Å²) in [6.45, 7) is -0.782. The lowest BCUT2D eigenvalue weighted by Crippen LogP contribution is -2.38. The number of nitrogens with one attached hydrogen (secondary N) is 1. The normalized spacial score (nSPS) is 21.4. The van der Waals surface area contributed by atoms with Gasteiger partial charge in [-0.05, 0) is 30.9 Å². The van der Waals surface area contributed by atoms with Crippen LogP contribution in [0.1, 0.15) is 31.2 Å². The molecule has 28 heavy (non-hydrogen) atoms. The lowest BCUT2D eigenvalue weighted by Gasteiger charge is -2.19. The van der Waals surface area contributed by atoms with Crippen LogP contribution in [0.3, 0.4) is 0 Å². The van der Waals surface area contributed by atoms with Crippen LogP contribution in [0.25, 0.3) is 0 Å². The summed E-state index contributed by atoms with van der Waals surface area (Å²) in [6, 6.07) is 6.26. The summed E-state index contributed by atoms with van der Waals surface area (Å²) < 4.78 is 18.4. The van der Waals surface area contributed by atoms with E-state index in [2.05, 4.69) is 5.32 Å². The molecular formula is C20H23FN2O5. The third-order valence-corrected chi connectivity index (χ3v) is 5.26. The van der Waals surface area contributed by atoms with Gasteiger partial charge in [0.2, 0.25) is 11.8 Å². The molecule has 1 aromatic carbocycles. The number of carbonyl (C=O) groups is 4. The molecule has 8 heteroatoms. The summed E-state index contributed by atoms with van der Waals surface area (Å²) in [5.74, 6) is -2.96. The van der Waals surface area contributed by atoms with Gasteiger partial charge in [-0.25, -0.2) is 4.39 Å². The maximum atomic E-state index is 13.5. The standard InChI is InChI=1S/C20H23FN2O5/c21-16-8-4-1-5-13(16)9-10-22-17(24)12-28-18(25)11-23-19(26)14-6-2-3-7-15(14)20(23)27/h1,4-5,8,14-15H,2-3,6-7,9-12H2,(H,22,24)/t14-,15-/m0/s1. The molecule has 2 aliphatic rings. The minimum atomic E-state index is -0.801. The number of benzene rings is 1. The SMILES string of the molecule is O=C(COC(=O)CN1C(=O)[C@H]2CCCC[C@@H]2C1=O)NCCc1ccccc1F. The van der Waals surface area contributed by atoms with Crippen molar-refractivity contribution in [3.05, 3.63) is 35.6 Å². The van der Waals surface area contributed by atoms with Gasteiger partial charge in [-0.3, -0.25) is 24.1 Å². The van der Waals surface area contributed by atoms with E-state index in [4.69, 9.17) is 4.74 Å². The Morgan fingerprint density at radius 3 is 2.39 bits per heavy atom. The Kier molecular flexibility index (Phi) is 6.38. The van der Waals surface area contributed by atoms with Crippen LogP contribution in [0.2, 0.25) is 0 Å². The zero-order valence-electron chi connectivity index (χ0n) is 15.5. The van der Waals surface area contributed by atoms with Crippen molar-refractivity contribution in [1.29, 1.82) is 0 Å². The summed E-state index contributed by atoms with van der Waals surface area (Å²) in [5.41, 5.74) is 0.479. The lowest BCUT2D eigenvalue weighted by molar-refractivity contribution is -0.154. The van der Waals surface area contributed by atoms with Crippen LogP contribution in [-0.4, -0.2) is 48.3 Å². The fourth-order valence-corrected chi connectivity index (χ4v) is 3.80. The smallest absolute Gasteiger partial charge is 0.326 e. The average molecular weight is 390 g/mol. The molecule has 150 valence electrons. The summed E-state index contributed by atoms with van der Waals surface area (Å²) in [7, 11) is 0. The van der Waals surface area contributed by atoms with Crippen molar-refractivity contribution in [2.24, 2.45) is 11.8 Å². The van der Waals surface area contributed by atoms with Gasteiger partial charge in [0.05, 0.1) is 11.8 Å². The number of fused-ring (bicyclic) bond motifs is 1. The zero-order chi connectivity index (χ0) is 20.1. The zero-order valence-corrected chi connectivity index (χ0v) is 15.5. The number of imide groups is 1. The number of carbonyl (C=O) groups excluding carboxylic acids is 4. The topological polar surface area (TPSA) is 92.8 Å². The molecule has 1 aliphatic carbocycles. The third kappa shape index (κ3) is 4.55. The van der Waals surface area contributed by atoms with E-state index in [0.29, 0.717) is 24.8 Å². The second-order valence-corrected chi connectivity index (χ2v) is 7.11. The molecule has 0 radical (unpaired) electrons. The molecule has 1 N–H and O–H groups in total. The van der Waals surface area contributed by atoms with Gasteiger partial charge >= 0.3 is 5.97 Å². The first-order valence-electron chi connectivity index (χ1n) is 9.48. The maximum absolute atomic E-state index is 13.5. The Morgan fingerprint density at radius 1 is 1.11 bits per heavy atom. The van der Waals surface area contributed by atoms with Crippen LogP contribution in [0.15, 0.2) is 24.3 Å². The van der Waals surface area contributed by atoms with E-state index < -0.39 is 25.0 Å². The number of hydrogen-bond acceptors (Lipinski definition) is 5. The van der Waals surface area contributed by atoms with Gasteiger partial charge in [0.1, 0.15) is 12.4 Å². The molecule has 0 aromatic heterocycles. The highest BCUT2D eigenvalue weighted by Gasteiger charge is 2.48. The highest BCUT2D eigenvalue weighted by atomic mass is 19.1.